The molecule has 0 saturated carbocycles. The molecule has 0 amide bonds. The Morgan fingerprint density at radius 3 is 2.90 bits per heavy atom. The zero-order valence-corrected chi connectivity index (χ0v) is 17.8. The molecule has 0 spiro atoms. The van der Waals surface area contributed by atoms with E-state index in [1.54, 1.807) is 6.07 Å². The summed E-state index contributed by atoms with van der Waals surface area (Å²) in [6.45, 7) is 2.76. The van der Waals surface area contributed by atoms with Crippen LogP contribution in [-0.4, -0.2) is 34.6 Å². The zero-order chi connectivity index (χ0) is 20.7. The van der Waals surface area contributed by atoms with E-state index >= 15 is 0 Å². The fourth-order valence-electron chi connectivity index (χ4n) is 4.12. The summed E-state index contributed by atoms with van der Waals surface area (Å²) in [5, 5.41) is 7.86. The minimum absolute atomic E-state index is 0.242. The van der Waals surface area contributed by atoms with Gasteiger partial charge in [0.25, 0.3) is 5.56 Å². The molecule has 1 atom stereocenters. The maximum Gasteiger partial charge on any atom is 0.261 e. The number of nitrogens with one attached hydrogen (secondary N) is 4. The standard InChI is InChI=1S/C22H21BrFN5O/c23-13-3-5-16-15(8-13)20(26-11-12-2-1-7-25-10-12)19(22(30)29-16)21-27-17-6-4-14(24)9-18(17)28-21/h3-6,8-9,12,25H,1-2,7,10-11H2,(H,27,28)(H2,26,29,30). The lowest BCUT2D eigenvalue weighted by atomic mass is 9.99. The van der Waals surface area contributed by atoms with Crippen LogP contribution in [-0.2, 0) is 0 Å². The van der Waals surface area contributed by atoms with E-state index < -0.39 is 0 Å². The van der Waals surface area contributed by atoms with E-state index in [1.165, 1.54) is 12.1 Å². The molecule has 8 heteroatoms. The zero-order valence-electron chi connectivity index (χ0n) is 16.2. The largest absolute Gasteiger partial charge is 0.383 e. The Balaban J connectivity index is 1.66. The highest BCUT2D eigenvalue weighted by Crippen LogP contribution is 2.33. The number of hydrogen-bond donors (Lipinski definition) is 4. The van der Waals surface area contributed by atoms with Crippen LogP contribution in [0, 0.1) is 11.7 Å². The Bertz CT molecular complexity index is 1290. The number of pyridine rings is 1. The molecule has 154 valence electrons. The quantitative estimate of drug-likeness (QED) is 0.357. The van der Waals surface area contributed by atoms with Crippen molar-refractivity contribution in [3.8, 4) is 11.4 Å². The average Bonchev–Trinajstić information content (AvgIpc) is 3.15. The molecule has 4 aromatic rings. The summed E-state index contributed by atoms with van der Waals surface area (Å²) in [5.41, 5.74) is 2.84. The van der Waals surface area contributed by atoms with Crippen molar-refractivity contribution in [2.24, 2.45) is 5.92 Å². The third-order valence-corrected chi connectivity index (χ3v) is 6.12. The van der Waals surface area contributed by atoms with E-state index in [-0.39, 0.29) is 11.4 Å². The minimum atomic E-state index is -0.350. The van der Waals surface area contributed by atoms with Crippen molar-refractivity contribution in [3.63, 3.8) is 0 Å². The van der Waals surface area contributed by atoms with Crippen LogP contribution in [0.2, 0.25) is 0 Å². The molecule has 0 radical (unpaired) electrons. The van der Waals surface area contributed by atoms with Gasteiger partial charge in [0.1, 0.15) is 17.2 Å². The van der Waals surface area contributed by atoms with E-state index in [0.29, 0.717) is 28.3 Å². The first kappa shape index (κ1) is 19.3. The van der Waals surface area contributed by atoms with Gasteiger partial charge in [-0.05, 0) is 68.2 Å². The number of H-pyrrole nitrogens is 2. The van der Waals surface area contributed by atoms with Crippen molar-refractivity contribution in [2.45, 2.75) is 12.8 Å². The fourth-order valence-corrected chi connectivity index (χ4v) is 4.48. The highest BCUT2D eigenvalue weighted by molar-refractivity contribution is 9.10. The number of imidazole rings is 1. The first-order chi connectivity index (χ1) is 14.6. The van der Waals surface area contributed by atoms with Crippen LogP contribution < -0.4 is 16.2 Å². The topological polar surface area (TPSA) is 85.6 Å². The number of hydrogen-bond acceptors (Lipinski definition) is 4. The van der Waals surface area contributed by atoms with Gasteiger partial charge in [-0.1, -0.05) is 15.9 Å². The number of rotatable bonds is 4. The lowest BCUT2D eigenvalue weighted by Crippen LogP contribution is -2.33. The highest BCUT2D eigenvalue weighted by atomic mass is 79.9. The Kier molecular flexibility index (Phi) is 5.04. The molecule has 30 heavy (non-hydrogen) atoms. The predicted octanol–water partition coefficient (Wildman–Crippen LogP) is 4.38. The van der Waals surface area contributed by atoms with E-state index in [2.05, 4.69) is 41.5 Å². The summed E-state index contributed by atoms with van der Waals surface area (Å²) in [6.07, 6.45) is 2.29. The third kappa shape index (κ3) is 3.61. The van der Waals surface area contributed by atoms with Gasteiger partial charge >= 0.3 is 0 Å². The molecule has 1 aliphatic heterocycles. The number of nitrogens with zero attached hydrogens (tertiary/aromatic N) is 1. The van der Waals surface area contributed by atoms with Crippen LogP contribution >= 0.6 is 15.9 Å². The number of aromatic amines is 2. The van der Waals surface area contributed by atoms with Gasteiger partial charge in [0.15, 0.2) is 0 Å². The van der Waals surface area contributed by atoms with Crippen LogP contribution in [0.3, 0.4) is 0 Å². The molecule has 3 heterocycles. The molecule has 1 fully saturated rings. The second-order valence-corrected chi connectivity index (χ2v) is 8.65. The van der Waals surface area contributed by atoms with Gasteiger partial charge in [-0.3, -0.25) is 4.79 Å². The first-order valence-corrected chi connectivity index (χ1v) is 10.8. The van der Waals surface area contributed by atoms with Crippen LogP contribution in [0.5, 0.6) is 0 Å². The number of aromatic nitrogens is 3. The van der Waals surface area contributed by atoms with E-state index in [0.717, 1.165) is 53.5 Å². The molecule has 5 rings (SSSR count). The Hall–Kier alpha value is -2.71. The van der Waals surface area contributed by atoms with E-state index in [1.807, 2.05) is 18.2 Å². The molecular weight excluding hydrogens is 449 g/mol. The SMILES string of the molecule is O=c1[nH]c2ccc(Br)cc2c(NCC2CCCNC2)c1-c1nc2ccc(F)cc2[nH]1. The fraction of sp³-hybridized carbons (Fsp3) is 0.273. The highest BCUT2D eigenvalue weighted by Gasteiger charge is 2.20. The molecular formula is C22H21BrFN5O. The molecule has 0 aliphatic carbocycles. The smallest absolute Gasteiger partial charge is 0.261 e. The maximum atomic E-state index is 13.6. The second kappa shape index (κ2) is 7.85. The normalized spacial score (nSPS) is 16.9. The number of fused-ring (bicyclic) bond motifs is 2. The Morgan fingerprint density at radius 1 is 1.17 bits per heavy atom. The number of halogens is 2. The van der Waals surface area contributed by atoms with Crippen molar-refractivity contribution >= 4 is 43.6 Å². The van der Waals surface area contributed by atoms with E-state index in [4.69, 9.17) is 0 Å². The summed E-state index contributed by atoms with van der Waals surface area (Å²) in [5.74, 6) is 0.554. The number of anilines is 1. The number of benzene rings is 2. The van der Waals surface area contributed by atoms with Crippen LogP contribution in [0.1, 0.15) is 12.8 Å². The molecule has 2 aromatic heterocycles. The summed E-state index contributed by atoms with van der Waals surface area (Å²) < 4.78 is 14.6. The van der Waals surface area contributed by atoms with Crippen LogP contribution in [0.15, 0.2) is 45.7 Å². The lowest BCUT2D eigenvalue weighted by Gasteiger charge is -2.24. The van der Waals surface area contributed by atoms with Crippen molar-refractivity contribution in [2.75, 3.05) is 25.0 Å². The summed E-state index contributed by atoms with van der Waals surface area (Å²) in [4.78, 5) is 23.7. The Morgan fingerprint density at radius 2 is 2.07 bits per heavy atom. The van der Waals surface area contributed by atoms with Gasteiger partial charge in [-0.2, -0.15) is 0 Å². The molecule has 2 aromatic carbocycles. The lowest BCUT2D eigenvalue weighted by molar-refractivity contribution is 0.393. The van der Waals surface area contributed by atoms with Crippen molar-refractivity contribution in [1.29, 1.82) is 0 Å². The maximum absolute atomic E-state index is 13.6. The number of piperidine rings is 1. The molecule has 1 saturated heterocycles. The van der Waals surface area contributed by atoms with Crippen molar-refractivity contribution < 1.29 is 4.39 Å². The second-order valence-electron chi connectivity index (χ2n) is 7.73. The summed E-state index contributed by atoms with van der Waals surface area (Å²) in [6, 6.07) is 10.1. The molecule has 4 N–H and O–H groups in total. The molecule has 1 aliphatic rings. The summed E-state index contributed by atoms with van der Waals surface area (Å²) >= 11 is 3.53. The first-order valence-electron chi connectivity index (χ1n) is 10.0. The molecule has 0 bridgehead atoms. The van der Waals surface area contributed by atoms with Gasteiger partial charge in [0.2, 0.25) is 0 Å². The molecule has 6 nitrogen and oxygen atoms in total. The van der Waals surface area contributed by atoms with Gasteiger partial charge in [0, 0.05) is 16.4 Å². The van der Waals surface area contributed by atoms with E-state index in [9.17, 15) is 9.18 Å². The van der Waals surface area contributed by atoms with Crippen LogP contribution in [0.25, 0.3) is 33.3 Å². The third-order valence-electron chi connectivity index (χ3n) is 5.62. The van der Waals surface area contributed by atoms with Gasteiger partial charge in [-0.25, -0.2) is 9.37 Å². The van der Waals surface area contributed by atoms with Crippen LogP contribution in [0.4, 0.5) is 10.1 Å². The van der Waals surface area contributed by atoms with Crippen molar-refractivity contribution in [1.82, 2.24) is 20.3 Å². The van der Waals surface area contributed by atoms with Crippen molar-refractivity contribution in [3.05, 3.63) is 57.0 Å². The van der Waals surface area contributed by atoms with Gasteiger partial charge in [-0.15, -0.1) is 0 Å². The van der Waals surface area contributed by atoms with Gasteiger partial charge < -0.3 is 20.6 Å². The summed E-state index contributed by atoms with van der Waals surface area (Å²) in [7, 11) is 0. The predicted molar refractivity (Wildman–Crippen MR) is 121 cm³/mol. The average molecular weight is 470 g/mol. The molecule has 1 unspecified atom stereocenters. The van der Waals surface area contributed by atoms with Gasteiger partial charge in [0.05, 0.1) is 22.2 Å². The Labute approximate surface area is 180 Å². The minimum Gasteiger partial charge on any atom is -0.383 e. The monoisotopic (exact) mass is 469 g/mol.